The van der Waals surface area contributed by atoms with Gasteiger partial charge in [-0.25, -0.2) is 4.39 Å². The predicted octanol–water partition coefficient (Wildman–Crippen LogP) is 3.20. The van der Waals surface area contributed by atoms with E-state index in [1.807, 2.05) is 0 Å². The number of piperidine rings is 1. The molecule has 0 radical (unpaired) electrons. The standard InChI is InChI=1S/C23H24FN3O4/c1-15-23(30)27(14-21(28)26-11-5-2-6-12-26)19-13-16(9-10-20(19)31-15)25-22(29)17-7-3-4-8-18(17)24/h3-4,7-10,13,15H,2,5-6,11-12,14H2,1H3,(H,25,29). The molecule has 0 aromatic heterocycles. The van der Waals surface area contributed by atoms with Crippen molar-refractivity contribution in [3.05, 3.63) is 53.8 Å². The highest BCUT2D eigenvalue weighted by atomic mass is 19.1. The Morgan fingerprint density at radius 3 is 2.61 bits per heavy atom. The number of halogens is 1. The van der Waals surface area contributed by atoms with E-state index in [0.717, 1.165) is 19.3 Å². The fraction of sp³-hybridized carbons (Fsp3) is 0.348. The van der Waals surface area contributed by atoms with Crippen LogP contribution in [0.15, 0.2) is 42.5 Å². The lowest BCUT2D eigenvalue weighted by atomic mass is 10.1. The summed E-state index contributed by atoms with van der Waals surface area (Å²) in [5.41, 5.74) is 0.687. The maximum absolute atomic E-state index is 13.9. The fourth-order valence-electron chi connectivity index (χ4n) is 3.87. The number of anilines is 2. The molecule has 162 valence electrons. The molecule has 1 fully saturated rings. The number of fused-ring (bicyclic) bond motifs is 1. The van der Waals surface area contributed by atoms with E-state index >= 15 is 0 Å². The maximum Gasteiger partial charge on any atom is 0.268 e. The number of carbonyl (C=O) groups is 3. The topological polar surface area (TPSA) is 79.0 Å². The van der Waals surface area contributed by atoms with E-state index in [9.17, 15) is 18.8 Å². The lowest BCUT2D eigenvalue weighted by Gasteiger charge is -2.35. The number of rotatable bonds is 4. The van der Waals surface area contributed by atoms with Crippen LogP contribution in [0.3, 0.4) is 0 Å². The van der Waals surface area contributed by atoms with Gasteiger partial charge in [0.05, 0.1) is 11.3 Å². The Hall–Kier alpha value is -3.42. The zero-order valence-electron chi connectivity index (χ0n) is 17.3. The summed E-state index contributed by atoms with van der Waals surface area (Å²) < 4.78 is 19.6. The second kappa shape index (κ2) is 8.75. The summed E-state index contributed by atoms with van der Waals surface area (Å²) in [5, 5.41) is 2.64. The molecule has 1 saturated heterocycles. The van der Waals surface area contributed by atoms with Gasteiger partial charge in [0.25, 0.3) is 11.8 Å². The van der Waals surface area contributed by atoms with Crippen LogP contribution < -0.4 is 15.0 Å². The number of nitrogens with zero attached hydrogens (tertiary/aromatic N) is 2. The maximum atomic E-state index is 13.9. The molecule has 4 rings (SSSR count). The van der Waals surface area contributed by atoms with Crippen LogP contribution in [0.5, 0.6) is 5.75 Å². The molecular weight excluding hydrogens is 401 g/mol. The lowest BCUT2D eigenvalue weighted by molar-refractivity contribution is -0.133. The van der Waals surface area contributed by atoms with Crippen LogP contribution in [-0.2, 0) is 9.59 Å². The Morgan fingerprint density at radius 1 is 1.13 bits per heavy atom. The highest BCUT2D eigenvalue weighted by molar-refractivity contribution is 6.07. The van der Waals surface area contributed by atoms with E-state index in [-0.39, 0.29) is 23.9 Å². The molecule has 0 spiro atoms. The molecule has 3 amide bonds. The zero-order valence-corrected chi connectivity index (χ0v) is 17.3. The van der Waals surface area contributed by atoms with Crippen molar-refractivity contribution in [1.82, 2.24) is 4.90 Å². The summed E-state index contributed by atoms with van der Waals surface area (Å²) in [6.07, 6.45) is 2.30. The molecule has 8 heteroatoms. The second-order valence-corrected chi connectivity index (χ2v) is 7.74. The van der Waals surface area contributed by atoms with Gasteiger partial charge < -0.3 is 15.0 Å². The first-order valence-electron chi connectivity index (χ1n) is 10.4. The summed E-state index contributed by atoms with van der Waals surface area (Å²) in [6, 6.07) is 10.5. The van der Waals surface area contributed by atoms with Gasteiger partial charge in [-0.05, 0) is 56.5 Å². The Morgan fingerprint density at radius 2 is 1.87 bits per heavy atom. The van der Waals surface area contributed by atoms with Crippen LogP contribution in [0.2, 0.25) is 0 Å². The van der Waals surface area contributed by atoms with Gasteiger partial charge in [-0.15, -0.1) is 0 Å². The predicted molar refractivity (Wildman–Crippen MR) is 114 cm³/mol. The molecule has 1 unspecified atom stereocenters. The minimum Gasteiger partial charge on any atom is -0.479 e. The summed E-state index contributed by atoms with van der Waals surface area (Å²) in [5.74, 6) is -1.23. The van der Waals surface area contributed by atoms with Crippen molar-refractivity contribution < 1.29 is 23.5 Å². The third-order valence-electron chi connectivity index (χ3n) is 5.55. The van der Waals surface area contributed by atoms with Crippen molar-refractivity contribution in [2.45, 2.75) is 32.3 Å². The summed E-state index contributed by atoms with van der Waals surface area (Å²) in [6.45, 7) is 2.93. The number of hydrogen-bond acceptors (Lipinski definition) is 4. The number of hydrogen-bond donors (Lipinski definition) is 1. The van der Waals surface area contributed by atoms with E-state index in [1.54, 1.807) is 36.1 Å². The Balaban J connectivity index is 1.58. The van der Waals surface area contributed by atoms with Crippen LogP contribution in [-0.4, -0.2) is 48.4 Å². The quantitative estimate of drug-likeness (QED) is 0.816. The normalized spacial score (nSPS) is 18.3. The van der Waals surface area contributed by atoms with Crippen molar-refractivity contribution >= 4 is 29.1 Å². The van der Waals surface area contributed by atoms with Crippen LogP contribution >= 0.6 is 0 Å². The van der Waals surface area contributed by atoms with E-state index in [1.165, 1.54) is 23.1 Å². The number of nitrogens with one attached hydrogen (secondary N) is 1. The highest BCUT2D eigenvalue weighted by Crippen LogP contribution is 2.36. The number of benzene rings is 2. The molecule has 2 aliphatic rings. The minimum absolute atomic E-state index is 0.0849. The molecule has 0 bridgehead atoms. The van der Waals surface area contributed by atoms with Crippen molar-refractivity contribution in [3.63, 3.8) is 0 Å². The molecule has 2 heterocycles. The molecule has 0 aliphatic carbocycles. The van der Waals surface area contributed by atoms with Gasteiger partial charge in [-0.1, -0.05) is 12.1 Å². The zero-order chi connectivity index (χ0) is 22.0. The van der Waals surface area contributed by atoms with Gasteiger partial charge in [0.1, 0.15) is 18.1 Å². The van der Waals surface area contributed by atoms with Crippen LogP contribution in [0.4, 0.5) is 15.8 Å². The first-order valence-corrected chi connectivity index (χ1v) is 10.4. The molecule has 31 heavy (non-hydrogen) atoms. The van der Waals surface area contributed by atoms with Gasteiger partial charge in [0.2, 0.25) is 5.91 Å². The van der Waals surface area contributed by atoms with Crippen molar-refractivity contribution in [2.24, 2.45) is 0 Å². The number of carbonyl (C=O) groups excluding carboxylic acids is 3. The first-order chi connectivity index (χ1) is 14.9. The Kier molecular flexibility index (Phi) is 5.88. The lowest BCUT2D eigenvalue weighted by Crippen LogP contribution is -2.50. The van der Waals surface area contributed by atoms with Gasteiger partial charge in [-0.2, -0.15) is 0 Å². The summed E-state index contributed by atoms with van der Waals surface area (Å²) in [7, 11) is 0. The average molecular weight is 425 g/mol. The molecule has 2 aromatic rings. The number of amides is 3. The molecule has 0 saturated carbocycles. The smallest absolute Gasteiger partial charge is 0.268 e. The third-order valence-corrected chi connectivity index (χ3v) is 5.55. The third kappa shape index (κ3) is 4.38. The van der Waals surface area contributed by atoms with E-state index < -0.39 is 17.8 Å². The minimum atomic E-state index is -0.722. The highest BCUT2D eigenvalue weighted by Gasteiger charge is 2.34. The van der Waals surface area contributed by atoms with Crippen molar-refractivity contribution in [1.29, 1.82) is 0 Å². The van der Waals surface area contributed by atoms with Crippen molar-refractivity contribution in [3.8, 4) is 5.75 Å². The largest absolute Gasteiger partial charge is 0.479 e. The van der Waals surface area contributed by atoms with Gasteiger partial charge in [-0.3, -0.25) is 19.3 Å². The van der Waals surface area contributed by atoms with Crippen LogP contribution in [0.1, 0.15) is 36.5 Å². The summed E-state index contributed by atoms with van der Waals surface area (Å²) >= 11 is 0. The average Bonchev–Trinajstić information content (AvgIpc) is 2.78. The Bertz CT molecular complexity index is 1020. The van der Waals surface area contributed by atoms with E-state index in [4.69, 9.17) is 4.74 Å². The van der Waals surface area contributed by atoms with E-state index in [2.05, 4.69) is 5.32 Å². The molecule has 1 atom stereocenters. The number of likely N-dealkylation sites (tertiary alicyclic amines) is 1. The molecule has 7 nitrogen and oxygen atoms in total. The van der Waals surface area contributed by atoms with Gasteiger partial charge in [0.15, 0.2) is 6.10 Å². The molecule has 2 aliphatic heterocycles. The first kappa shape index (κ1) is 20.8. The molecular formula is C23H24FN3O4. The Labute approximate surface area is 179 Å². The van der Waals surface area contributed by atoms with Gasteiger partial charge >= 0.3 is 0 Å². The number of ether oxygens (including phenoxy) is 1. The van der Waals surface area contributed by atoms with Crippen molar-refractivity contribution in [2.75, 3.05) is 29.9 Å². The van der Waals surface area contributed by atoms with Crippen LogP contribution in [0, 0.1) is 5.82 Å². The SMILES string of the molecule is CC1Oc2ccc(NC(=O)c3ccccc3F)cc2N(CC(=O)N2CCCCC2)C1=O. The molecule has 1 N–H and O–H groups in total. The summed E-state index contributed by atoms with van der Waals surface area (Å²) in [4.78, 5) is 41.2. The van der Waals surface area contributed by atoms with Crippen LogP contribution in [0.25, 0.3) is 0 Å². The monoisotopic (exact) mass is 425 g/mol. The second-order valence-electron chi connectivity index (χ2n) is 7.74. The fourth-order valence-corrected chi connectivity index (χ4v) is 3.87. The van der Waals surface area contributed by atoms with E-state index in [0.29, 0.717) is 30.2 Å². The molecule has 2 aromatic carbocycles. The van der Waals surface area contributed by atoms with Gasteiger partial charge in [0, 0.05) is 18.8 Å².